The second-order valence-corrected chi connectivity index (χ2v) is 8.62. The Labute approximate surface area is 150 Å². The van der Waals surface area contributed by atoms with Gasteiger partial charge in [-0.1, -0.05) is 30.3 Å². The maximum Gasteiger partial charge on any atom is 0.408 e. The van der Waals surface area contributed by atoms with Crippen LogP contribution in [0, 0.1) is 0 Å². The molecule has 0 aliphatic heterocycles. The molecule has 138 valence electrons. The van der Waals surface area contributed by atoms with Gasteiger partial charge in [0.25, 0.3) is 0 Å². The van der Waals surface area contributed by atoms with Gasteiger partial charge in [0.1, 0.15) is 5.60 Å². The molecule has 0 spiro atoms. The summed E-state index contributed by atoms with van der Waals surface area (Å²) in [5.74, 6) is 0. The zero-order valence-electron chi connectivity index (χ0n) is 15.5. The highest BCUT2D eigenvalue weighted by molar-refractivity contribution is 5.69. The van der Waals surface area contributed by atoms with Gasteiger partial charge in [-0.05, 0) is 58.4 Å². The first-order valence-corrected chi connectivity index (χ1v) is 9.20. The van der Waals surface area contributed by atoms with Crippen LogP contribution in [0.3, 0.4) is 0 Å². The van der Waals surface area contributed by atoms with Crippen LogP contribution in [0.1, 0.15) is 58.4 Å². The van der Waals surface area contributed by atoms with E-state index in [1.165, 1.54) is 5.56 Å². The van der Waals surface area contributed by atoms with Crippen LogP contribution in [0.25, 0.3) is 0 Å². The summed E-state index contributed by atoms with van der Waals surface area (Å²) in [4.78, 5) is 12.2. The Kier molecular flexibility index (Phi) is 4.82. The molecule has 2 bridgehead atoms. The summed E-state index contributed by atoms with van der Waals surface area (Å²) >= 11 is 0. The normalized spacial score (nSPS) is 31.6. The van der Waals surface area contributed by atoms with Crippen LogP contribution in [-0.4, -0.2) is 34.0 Å². The number of rotatable bonds is 4. The van der Waals surface area contributed by atoms with Crippen LogP contribution in [0.2, 0.25) is 0 Å². The summed E-state index contributed by atoms with van der Waals surface area (Å²) in [5, 5.41) is 17.4. The smallest absolute Gasteiger partial charge is 0.408 e. The van der Waals surface area contributed by atoms with Crippen molar-refractivity contribution in [2.24, 2.45) is 0 Å². The van der Waals surface area contributed by atoms with Crippen molar-refractivity contribution in [3.05, 3.63) is 35.9 Å². The zero-order chi connectivity index (χ0) is 18.1. The number of aliphatic hydroxyl groups excluding tert-OH is 1. The number of aliphatic hydroxyl groups is 1. The molecule has 5 nitrogen and oxygen atoms in total. The van der Waals surface area contributed by atoms with E-state index in [0.29, 0.717) is 6.42 Å². The fourth-order valence-corrected chi connectivity index (χ4v) is 4.13. The molecule has 25 heavy (non-hydrogen) atoms. The maximum atomic E-state index is 12.2. The summed E-state index contributed by atoms with van der Waals surface area (Å²) < 4.78 is 5.39. The number of benzene rings is 1. The number of hydrogen-bond acceptors (Lipinski definition) is 4. The summed E-state index contributed by atoms with van der Waals surface area (Å²) in [7, 11) is 0. The fraction of sp³-hybridized carbons (Fsp3) is 0.650. The lowest BCUT2D eigenvalue weighted by Crippen LogP contribution is -2.69. The van der Waals surface area contributed by atoms with E-state index in [4.69, 9.17) is 4.74 Å². The third kappa shape index (κ3) is 4.15. The Morgan fingerprint density at radius 1 is 1.20 bits per heavy atom. The van der Waals surface area contributed by atoms with E-state index in [2.05, 4.69) is 22.8 Å². The van der Waals surface area contributed by atoms with Gasteiger partial charge in [-0.25, -0.2) is 4.79 Å². The van der Waals surface area contributed by atoms with Crippen molar-refractivity contribution in [2.45, 2.75) is 82.2 Å². The van der Waals surface area contributed by atoms with Crippen LogP contribution >= 0.6 is 0 Å². The molecule has 3 N–H and O–H groups in total. The standard InChI is InChI=1S/C20H30N2O3/c1-18(2,3)25-17(24)22-20-11-9-19(10-12-20,13-16(20)23)21-14-15-7-5-4-6-8-15/h4-8,16,21,23H,9-14H2,1-3H3,(H,22,24)/t16-,19?,20?/m0/s1. The minimum Gasteiger partial charge on any atom is -0.444 e. The van der Waals surface area contributed by atoms with Gasteiger partial charge in [-0.3, -0.25) is 0 Å². The molecule has 1 amide bonds. The zero-order valence-corrected chi connectivity index (χ0v) is 15.5. The van der Waals surface area contributed by atoms with E-state index >= 15 is 0 Å². The monoisotopic (exact) mass is 346 g/mol. The predicted octanol–water partition coefficient (Wildman–Crippen LogP) is 3.12. The summed E-state index contributed by atoms with van der Waals surface area (Å²) in [5.41, 5.74) is 0.141. The molecular weight excluding hydrogens is 316 g/mol. The Bertz CT molecular complexity index is 601. The lowest BCUT2D eigenvalue weighted by atomic mass is 9.60. The van der Waals surface area contributed by atoms with Crippen molar-refractivity contribution in [3.8, 4) is 0 Å². The molecular formula is C20H30N2O3. The second-order valence-electron chi connectivity index (χ2n) is 8.62. The van der Waals surface area contributed by atoms with E-state index in [-0.39, 0.29) is 5.54 Å². The minimum absolute atomic E-state index is 0.0351. The first-order valence-electron chi connectivity index (χ1n) is 9.20. The minimum atomic E-state index is -0.550. The third-order valence-corrected chi connectivity index (χ3v) is 5.58. The van der Waals surface area contributed by atoms with E-state index < -0.39 is 23.3 Å². The van der Waals surface area contributed by atoms with Crippen LogP contribution < -0.4 is 10.6 Å². The number of ether oxygens (including phenoxy) is 1. The summed E-state index contributed by atoms with van der Waals surface area (Å²) in [6.07, 6.45) is 3.13. The lowest BCUT2D eigenvalue weighted by molar-refractivity contribution is -0.0649. The Balaban J connectivity index is 1.60. The molecule has 0 saturated heterocycles. The van der Waals surface area contributed by atoms with Crippen LogP contribution in [0.15, 0.2) is 30.3 Å². The SMILES string of the molecule is CC(C)(C)OC(=O)NC12CCC(NCc3ccccc3)(CC1)C[C@@H]2O. The summed E-state index contributed by atoms with van der Waals surface area (Å²) in [6, 6.07) is 10.3. The molecule has 0 unspecified atom stereocenters. The number of carbonyl (C=O) groups excluding carboxylic acids is 1. The Morgan fingerprint density at radius 2 is 1.84 bits per heavy atom. The molecule has 1 aromatic rings. The number of alkyl carbamates (subject to hydrolysis) is 1. The molecule has 1 atom stereocenters. The lowest BCUT2D eigenvalue weighted by Gasteiger charge is -2.56. The summed E-state index contributed by atoms with van der Waals surface area (Å²) in [6.45, 7) is 6.35. The van der Waals surface area contributed by atoms with Crippen LogP contribution in [-0.2, 0) is 11.3 Å². The maximum absolute atomic E-state index is 12.2. The molecule has 0 radical (unpaired) electrons. The number of carbonyl (C=O) groups is 1. The molecule has 3 aliphatic rings. The van der Waals surface area contributed by atoms with Crippen molar-refractivity contribution < 1.29 is 14.6 Å². The number of fused-ring (bicyclic) bond motifs is 3. The van der Waals surface area contributed by atoms with Crippen molar-refractivity contribution in [1.82, 2.24) is 10.6 Å². The van der Waals surface area contributed by atoms with E-state index in [0.717, 1.165) is 32.2 Å². The van der Waals surface area contributed by atoms with E-state index in [1.807, 2.05) is 39.0 Å². The number of amides is 1. The van der Waals surface area contributed by atoms with Gasteiger partial charge in [-0.2, -0.15) is 0 Å². The van der Waals surface area contributed by atoms with Crippen LogP contribution in [0.4, 0.5) is 4.79 Å². The van der Waals surface area contributed by atoms with Gasteiger partial charge in [0.05, 0.1) is 11.6 Å². The Hall–Kier alpha value is -1.59. The van der Waals surface area contributed by atoms with E-state index in [1.54, 1.807) is 0 Å². The van der Waals surface area contributed by atoms with Crippen molar-refractivity contribution in [3.63, 3.8) is 0 Å². The van der Waals surface area contributed by atoms with Gasteiger partial charge in [0.2, 0.25) is 0 Å². The second kappa shape index (κ2) is 6.61. The topological polar surface area (TPSA) is 70.6 Å². The van der Waals surface area contributed by atoms with Crippen molar-refractivity contribution >= 4 is 6.09 Å². The van der Waals surface area contributed by atoms with Gasteiger partial charge < -0.3 is 20.5 Å². The van der Waals surface area contributed by atoms with Gasteiger partial charge >= 0.3 is 6.09 Å². The molecule has 0 aromatic heterocycles. The average Bonchev–Trinajstić information content (AvgIpc) is 2.54. The highest BCUT2D eigenvalue weighted by atomic mass is 16.6. The fourth-order valence-electron chi connectivity index (χ4n) is 4.13. The molecule has 3 fully saturated rings. The molecule has 4 rings (SSSR count). The molecule has 3 saturated carbocycles. The highest BCUT2D eigenvalue weighted by Gasteiger charge is 2.54. The first kappa shape index (κ1) is 18.2. The van der Waals surface area contributed by atoms with Gasteiger partial charge in [0, 0.05) is 12.1 Å². The highest BCUT2D eigenvalue weighted by Crippen LogP contribution is 2.47. The van der Waals surface area contributed by atoms with Crippen LogP contribution in [0.5, 0.6) is 0 Å². The van der Waals surface area contributed by atoms with Gasteiger partial charge in [0.15, 0.2) is 0 Å². The molecule has 5 heteroatoms. The number of nitrogens with one attached hydrogen (secondary N) is 2. The average molecular weight is 346 g/mol. The van der Waals surface area contributed by atoms with Crippen molar-refractivity contribution in [2.75, 3.05) is 0 Å². The number of hydrogen-bond donors (Lipinski definition) is 3. The molecule has 0 heterocycles. The molecule has 1 aromatic carbocycles. The van der Waals surface area contributed by atoms with Gasteiger partial charge in [-0.15, -0.1) is 0 Å². The largest absolute Gasteiger partial charge is 0.444 e. The van der Waals surface area contributed by atoms with E-state index in [9.17, 15) is 9.90 Å². The van der Waals surface area contributed by atoms with Crippen molar-refractivity contribution in [1.29, 1.82) is 0 Å². The predicted molar refractivity (Wildman–Crippen MR) is 97.2 cm³/mol. The quantitative estimate of drug-likeness (QED) is 0.783. The third-order valence-electron chi connectivity index (χ3n) is 5.58. The first-order chi connectivity index (χ1) is 11.7. The Morgan fingerprint density at radius 3 is 2.40 bits per heavy atom. The molecule has 3 aliphatic carbocycles.